The molecule has 0 radical (unpaired) electrons. The van der Waals surface area contributed by atoms with Crippen molar-refractivity contribution in [3.05, 3.63) is 23.8 Å². The molecule has 28 heavy (non-hydrogen) atoms. The minimum absolute atomic E-state index is 0.615. The number of aryl methyl sites for hydroxylation is 1. The van der Waals surface area contributed by atoms with Crippen molar-refractivity contribution >= 4 is 0 Å². The third-order valence-corrected chi connectivity index (χ3v) is 7.68. The predicted molar refractivity (Wildman–Crippen MR) is 120 cm³/mol. The molecular formula is C26H44N2. The van der Waals surface area contributed by atoms with Gasteiger partial charge in [0.2, 0.25) is 0 Å². The lowest BCUT2D eigenvalue weighted by molar-refractivity contribution is 0.221. The average Bonchev–Trinajstić information content (AvgIpc) is 2.74. The van der Waals surface area contributed by atoms with Crippen molar-refractivity contribution in [3.8, 4) is 0 Å². The first-order chi connectivity index (χ1) is 13.7. The normalized spacial score (nSPS) is 28.4. The molecule has 0 spiro atoms. The van der Waals surface area contributed by atoms with Crippen molar-refractivity contribution in [2.75, 3.05) is 0 Å². The minimum Gasteiger partial charge on any atom is -0.241 e. The fraction of sp³-hybridized carbons (Fsp3) is 0.846. The van der Waals surface area contributed by atoms with Gasteiger partial charge in [0.1, 0.15) is 5.82 Å². The molecule has 0 atom stereocenters. The van der Waals surface area contributed by atoms with E-state index in [1.165, 1.54) is 108 Å². The summed E-state index contributed by atoms with van der Waals surface area (Å²) in [5.74, 6) is 4.77. The lowest BCUT2D eigenvalue weighted by Gasteiger charge is -2.31. The molecule has 0 amide bonds. The van der Waals surface area contributed by atoms with Gasteiger partial charge in [-0.3, -0.25) is 0 Å². The Kier molecular flexibility index (Phi) is 9.28. The molecule has 3 rings (SSSR count). The van der Waals surface area contributed by atoms with E-state index in [4.69, 9.17) is 0 Å². The van der Waals surface area contributed by atoms with Crippen LogP contribution in [0.1, 0.15) is 127 Å². The van der Waals surface area contributed by atoms with E-state index in [1.807, 2.05) is 12.4 Å². The van der Waals surface area contributed by atoms with Gasteiger partial charge in [0, 0.05) is 18.3 Å². The van der Waals surface area contributed by atoms with Crippen molar-refractivity contribution in [3.63, 3.8) is 0 Å². The highest BCUT2D eigenvalue weighted by molar-refractivity contribution is 5.05. The highest BCUT2D eigenvalue weighted by Crippen LogP contribution is 2.39. The number of hydrogen-bond donors (Lipinski definition) is 0. The maximum Gasteiger partial charge on any atom is 0.131 e. The molecule has 2 saturated carbocycles. The van der Waals surface area contributed by atoms with Gasteiger partial charge in [0.15, 0.2) is 0 Å². The summed E-state index contributed by atoms with van der Waals surface area (Å²) in [4.78, 5) is 9.16. The van der Waals surface area contributed by atoms with Crippen LogP contribution in [0.2, 0.25) is 0 Å². The Morgan fingerprint density at radius 1 is 0.679 bits per heavy atom. The maximum atomic E-state index is 4.58. The van der Waals surface area contributed by atoms with E-state index < -0.39 is 0 Å². The highest BCUT2D eigenvalue weighted by Gasteiger charge is 2.26. The van der Waals surface area contributed by atoms with Crippen LogP contribution in [0.3, 0.4) is 0 Å². The molecule has 158 valence electrons. The summed E-state index contributed by atoms with van der Waals surface area (Å²) in [6.45, 7) is 4.38. The second-order valence-corrected chi connectivity index (χ2v) is 10.0. The fourth-order valence-corrected chi connectivity index (χ4v) is 5.64. The Bertz CT molecular complexity index is 522. The number of hydrogen-bond acceptors (Lipinski definition) is 2. The molecular weight excluding hydrogens is 340 g/mol. The van der Waals surface area contributed by atoms with E-state index in [9.17, 15) is 0 Å². The smallest absolute Gasteiger partial charge is 0.131 e. The first-order valence-corrected chi connectivity index (χ1v) is 12.5. The van der Waals surface area contributed by atoms with Crippen LogP contribution in [-0.4, -0.2) is 9.97 Å². The Morgan fingerprint density at radius 2 is 1.18 bits per heavy atom. The summed E-state index contributed by atoms with van der Waals surface area (Å²) in [5, 5.41) is 0. The molecule has 1 aromatic heterocycles. The van der Waals surface area contributed by atoms with Gasteiger partial charge in [-0.15, -0.1) is 0 Å². The van der Waals surface area contributed by atoms with Crippen molar-refractivity contribution in [2.24, 2.45) is 17.8 Å². The van der Waals surface area contributed by atoms with Gasteiger partial charge >= 0.3 is 0 Å². The number of nitrogens with zero attached hydrogens (tertiary/aromatic N) is 2. The zero-order valence-electron chi connectivity index (χ0n) is 18.7. The van der Waals surface area contributed by atoms with Crippen LogP contribution < -0.4 is 0 Å². The predicted octanol–water partition coefficient (Wildman–Crippen LogP) is 8.01. The number of unbranched alkanes of at least 4 members (excludes halogenated alkanes) is 4. The van der Waals surface area contributed by atoms with Crippen LogP contribution in [0.4, 0.5) is 0 Å². The van der Waals surface area contributed by atoms with E-state index in [0.717, 1.165) is 23.6 Å². The molecule has 1 heterocycles. The van der Waals surface area contributed by atoms with Crippen LogP contribution in [0.5, 0.6) is 0 Å². The minimum atomic E-state index is 0.615. The largest absolute Gasteiger partial charge is 0.241 e. The van der Waals surface area contributed by atoms with Gasteiger partial charge in [0.25, 0.3) is 0 Å². The summed E-state index contributed by atoms with van der Waals surface area (Å²) in [7, 11) is 0. The first-order valence-electron chi connectivity index (χ1n) is 12.5. The first kappa shape index (κ1) is 21.8. The van der Waals surface area contributed by atoms with Crippen LogP contribution in [-0.2, 0) is 0 Å². The Morgan fingerprint density at radius 3 is 1.75 bits per heavy atom. The molecule has 1 aromatic rings. The van der Waals surface area contributed by atoms with Gasteiger partial charge < -0.3 is 0 Å². The summed E-state index contributed by atoms with van der Waals surface area (Å²) in [6.07, 6.45) is 27.2. The number of rotatable bonds is 10. The van der Waals surface area contributed by atoms with Crippen molar-refractivity contribution in [1.29, 1.82) is 0 Å². The van der Waals surface area contributed by atoms with Crippen LogP contribution in [0.15, 0.2) is 12.4 Å². The summed E-state index contributed by atoms with van der Waals surface area (Å²) >= 11 is 0. The van der Waals surface area contributed by atoms with Crippen molar-refractivity contribution < 1.29 is 0 Å². The zero-order chi connectivity index (χ0) is 19.6. The molecule has 2 nitrogen and oxygen atoms in total. The van der Waals surface area contributed by atoms with Crippen molar-refractivity contribution in [2.45, 2.75) is 122 Å². The van der Waals surface area contributed by atoms with Gasteiger partial charge in [-0.05, 0) is 55.9 Å². The SMILES string of the molecule is CCCCCCCC1CCC(CCC2CCC(c3ncc(C)cn3)CC2)CC1. The monoisotopic (exact) mass is 384 g/mol. The molecule has 0 bridgehead atoms. The third kappa shape index (κ3) is 7.16. The average molecular weight is 385 g/mol. The van der Waals surface area contributed by atoms with E-state index >= 15 is 0 Å². The topological polar surface area (TPSA) is 25.8 Å². The van der Waals surface area contributed by atoms with E-state index in [0.29, 0.717) is 5.92 Å². The Labute approximate surface area is 174 Å². The van der Waals surface area contributed by atoms with E-state index in [1.54, 1.807) is 0 Å². The maximum absolute atomic E-state index is 4.58. The zero-order valence-corrected chi connectivity index (χ0v) is 18.7. The Balaban J connectivity index is 1.26. The summed E-state index contributed by atoms with van der Waals surface area (Å²) < 4.78 is 0. The lowest BCUT2D eigenvalue weighted by atomic mass is 9.74. The standard InChI is InChI=1S/C26H44N2/c1-3-4-5-6-7-8-22-9-11-23(12-10-22)13-14-24-15-17-25(18-16-24)26-27-19-21(2)20-28-26/h19-20,22-25H,3-18H2,1-2H3. The van der Waals surface area contributed by atoms with Crippen LogP contribution in [0.25, 0.3) is 0 Å². The second kappa shape index (κ2) is 11.9. The quantitative estimate of drug-likeness (QED) is 0.382. The molecule has 0 unspecified atom stereocenters. The number of aromatic nitrogens is 2. The molecule has 2 fully saturated rings. The molecule has 0 N–H and O–H groups in total. The second-order valence-electron chi connectivity index (χ2n) is 10.0. The van der Waals surface area contributed by atoms with E-state index in [-0.39, 0.29) is 0 Å². The van der Waals surface area contributed by atoms with Crippen LogP contribution >= 0.6 is 0 Å². The Hall–Kier alpha value is -0.920. The molecule has 2 aliphatic carbocycles. The van der Waals surface area contributed by atoms with E-state index in [2.05, 4.69) is 23.8 Å². The summed E-state index contributed by atoms with van der Waals surface area (Å²) in [5.41, 5.74) is 1.17. The molecule has 2 aliphatic rings. The highest BCUT2D eigenvalue weighted by atomic mass is 14.9. The van der Waals surface area contributed by atoms with Gasteiger partial charge in [0.05, 0.1) is 0 Å². The summed E-state index contributed by atoms with van der Waals surface area (Å²) in [6, 6.07) is 0. The molecule has 2 heteroatoms. The lowest BCUT2D eigenvalue weighted by Crippen LogP contribution is -2.18. The van der Waals surface area contributed by atoms with Gasteiger partial charge in [-0.25, -0.2) is 9.97 Å². The van der Waals surface area contributed by atoms with Crippen molar-refractivity contribution in [1.82, 2.24) is 9.97 Å². The van der Waals surface area contributed by atoms with Gasteiger partial charge in [-0.2, -0.15) is 0 Å². The van der Waals surface area contributed by atoms with Crippen LogP contribution in [0, 0.1) is 24.7 Å². The van der Waals surface area contributed by atoms with Gasteiger partial charge in [-0.1, -0.05) is 84.0 Å². The molecule has 0 aliphatic heterocycles. The fourth-order valence-electron chi connectivity index (χ4n) is 5.64. The molecule has 0 saturated heterocycles. The molecule has 0 aromatic carbocycles. The third-order valence-electron chi connectivity index (χ3n) is 7.68.